The van der Waals surface area contributed by atoms with Crippen LogP contribution in [-0.2, 0) is 14.8 Å². The van der Waals surface area contributed by atoms with Gasteiger partial charge in [0.25, 0.3) is 0 Å². The largest absolute Gasteiger partial charge is 0.326 e. The topological polar surface area (TPSA) is 75.3 Å². The molecule has 0 saturated heterocycles. The maximum Gasteiger partial charge on any atom is 0.240 e. The van der Waals surface area contributed by atoms with Gasteiger partial charge in [0.15, 0.2) is 0 Å². The Bertz CT molecular complexity index is 836. The van der Waals surface area contributed by atoms with Gasteiger partial charge in [0.1, 0.15) is 0 Å². The average molecular weight is 411 g/mol. The van der Waals surface area contributed by atoms with Crippen LogP contribution in [-0.4, -0.2) is 25.2 Å². The highest BCUT2D eigenvalue weighted by atomic mass is 35.5. The van der Waals surface area contributed by atoms with Crippen molar-refractivity contribution in [1.82, 2.24) is 4.72 Å². The molecule has 0 spiro atoms. The van der Waals surface area contributed by atoms with E-state index < -0.39 is 10.0 Å². The van der Waals surface area contributed by atoms with Crippen LogP contribution in [0.25, 0.3) is 0 Å². The lowest BCUT2D eigenvalue weighted by Crippen LogP contribution is -2.57. The summed E-state index contributed by atoms with van der Waals surface area (Å²) in [5.41, 5.74) is 0.262. The van der Waals surface area contributed by atoms with Gasteiger partial charge in [0.05, 0.1) is 10.3 Å². The summed E-state index contributed by atoms with van der Waals surface area (Å²) in [6.07, 6.45) is 5.89. The van der Waals surface area contributed by atoms with E-state index in [9.17, 15) is 13.2 Å². The molecule has 4 saturated carbocycles. The Morgan fingerprint density at radius 2 is 1.70 bits per heavy atom. The molecule has 27 heavy (non-hydrogen) atoms. The lowest BCUT2D eigenvalue weighted by Gasteiger charge is -2.59. The number of anilines is 1. The molecular weight excluding hydrogens is 384 g/mol. The number of amides is 1. The van der Waals surface area contributed by atoms with Crippen molar-refractivity contribution < 1.29 is 13.2 Å². The summed E-state index contributed by atoms with van der Waals surface area (Å²) in [7, 11) is -3.53. The molecule has 0 heterocycles. The van der Waals surface area contributed by atoms with E-state index in [1.807, 2.05) is 0 Å². The molecule has 4 aliphatic carbocycles. The molecule has 5 nitrogen and oxygen atoms in total. The van der Waals surface area contributed by atoms with E-state index in [0.29, 0.717) is 17.5 Å². The van der Waals surface area contributed by atoms with E-state index in [2.05, 4.69) is 10.0 Å². The van der Waals surface area contributed by atoms with Crippen LogP contribution in [0.3, 0.4) is 0 Å². The van der Waals surface area contributed by atoms with E-state index in [-0.39, 0.29) is 27.1 Å². The minimum atomic E-state index is -3.53. The third kappa shape index (κ3) is 3.64. The first-order chi connectivity index (χ1) is 12.6. The molecule has 1 amide bonds. The van der Waals surface area contributed by atoms with Gasteiger partial charge >= 0.3 is 0 Å². The van der Waals surface area contributed by atoms with Crippen LogP contribution < -0.4 is 10.0 Å². The molecule has 148 valence electrons. The molecule has 5 rings (SSSR count). The van der Waals surface area contributed by atoms with Crippen molar-refractivity contribution in [2.75, 3.05) is 5.32 Å². The van der Waals surface area contributed by atoms with Crippen molar-refractivity contribution in [2.45, 2.75) is 68.2 Å². The third-order valence-corrected chi connectivity index (χ3v) is 8.40. The van der Waals surface area contributed by atoms with Crippen molar-refractivity contribution in [3.8, 4) is 0 Å². The van der Waals surface area contributed by atoms with Gasteiger partial charge in [-0.15, -0.1) is 11.6 Å². The van der Waals surface area contributed by atoms with E-state index in [1.54, 1.807) is 26.0 Å². The predicted octanol–water partition coefficient (Wildman–Crippen LogP) is 3.89. The Kier molecular flexibility index (Phi) is 4.60. The number of rotatable bonds is 5. The highest BCUT2D eigenvalue weighted by Gasteiger charge is 2.60. The van der Waals surface area contributed by atoms with Crippen LogP contribution in [0.1, 0.15) is 52.4 Å². The summed E-state index contributed by atoms with van der Waals surface area (Å²) in [5, 5.41) is 3.02. The fraction of sp³-hybridized carbons (Fsp3) is 0.650. The average Bonchev–Trinajstić information content (AvgIpc) is 2.51. The van der Waals surface area contributed by atoms with Crippen LogP contribution in [0.4, 0.5) is 5.69 Å². The summed E-state index contributed by atoms with van der Waals surface area (Å²) in [4.78, 5) is 13.1. The number of nitrogens with one attached hydrogen (secondary N) is 2. The fourth-order valence-corrected chi connectivity index (χ4v) is 7.72. The Morgan fingerprint density at radius 1 is 1.11 bits per heavy atom. The first-order valence-corrected chi connectivity index (χ1v) is 11.6. The SMILES string of the molecule is CC(C)NS(=O)(=O)c1ccc(NC(=O)C23C[C@@H]4C[C@@H](CC(Cl)(C4)C2)C3)cc1. The molecule has 1 aromatic rings. The number of benzene rings is 1. The Hall–Kier alpha value is -1.11. The molecule has 0 aliphatic heterocycles. The summed E-state index contributed by atoms with van der Waals surface area (Å²) in [6, 6.07) is 6.20. The zero-order chi connectivity index (χ0) is 19.4. The smallest absolute Gasteiger partial charge is 0.240 e. The molecule has 1 aromatic carbocycles. The van der Waals surface area contributed by atoms with Gasteiger partial charge in [0, 0.05) is 16.6 Å². The van der Waals surface area contributed by atoms with Crippen molar-refractivity contribution in [1.29, 1.82) is 0 Å². The zero-order valence-electron chi connectivity index (χ0n) is 15.8. The van der Waals surface area contributed by atoms with E-state index in [0.717, 1.165) is 32.1 Å². The molecule has 4 fully saturated rings. The number of alkyl halides is 1. The molecule has 2 N–H and O–H groups in total. The van der Waals surface area contributed by atoms with Crippen molar-refractivity contribution in [3.63, 3.8) is 0 Å². The standard InChI is InChI=1S/C20H27ClN2O3S/c1-13(2)23-27(25,26)17-5-3-16(4-6-17)22-18(24)19-8-14-7-15(9-19)11-20(21,10-14)12-19/h3-6,13-15,23H,7-12H2,1-2H3,(H,22,24)/t14-,15+,19?,20?. The molecule has 0 aromatic heterocycles. The molecule has 4 bridgehead atoms. The van der Waals surface area contributed by atoms with Gasteiger partial charge < -0.3 is 5.32 Å². The van der Waals surface area contributed by atoms with Gasteiger partial charge in [0.2, 0.25) is 15.9 Å². The molecule has 2 unspecified atom stereocenters. The molecular formula is C20H27ClN2O3S. The second-order valence-corrected chi connectivity index (χ2v) is 11.7. The number of halogens is 1. The van der Waals surface area contributed by atoms with E-state index in [4.69, 9.17) is 11.6 Å². The number of hydrogen-bond donors (Lipinski definition) is 2. The van der Waals surface area contributed by atoms with Crippen molar-refractivity contribution in [3.05, 3.63) is 24.3 Å². The lowest BCUT2D eigenvalue weighted by atomic mass is 9.49. The first-order valence-electron chi connectivity index (χ1n) is 9.72. The van der Waals surface area contributed by atoms with Crippen LogP contribution in [0.2, 0.25) is 0 Å². The molecule has 0 radical (unpaired) electrons. The second kappa shape index (κ2) is 6.46. The monoisotopic (exact) mass is 410 g/mol. The number of sulfonamides is 1. The predicted molar refractivity (Wildman–Crippen MR) is 106 cm³/mol. The van der Waals surface area contributed by atoms with E-state index in [1.165, 1.54) is 18.6 Å². The normalized spacial score (nSPS) is 34.8. The lowest BCUT2D eigenvalue weighted by molar-refractivity contribution is -0.138. The van der Waals surface area contributed by atoms with Gasteiger partial charge in [-0.05, 0) is 88.5 Å². The highest BCUT2D eigenvalue weighted by molar-refractivity contribution is 7.89. The number of carbonyl (C=O) groups excluding carboxylic acids is 1. The van der Waals surface area contributed by atoms with Gasteiger partial charge in [-0.3, -0.25) is 4.79 Å². The van der Waals surface area contributed by atoms with Crippen molar-refractivity contribution >= 4 is 33.2 Å². The van der Waals surface area contributed by atoms with Gasteiger partial charge in [-0.2, -0.15) is 0 Å². The zero-order valence-corrected chi connectivity index (χ0v) is 17.4. The quantitative estimate of drug-likeness (QED) is 0.723. The minimum absolute atomic E-state index is 0.0394. The summed E-state index contributed by atoms with van der Waals surface area (Å²) < 4.78 is 27.0. The highest BCUT2D eigenvalue weighted by Crippen LogP contribution is 2.64. The van der Waals surface area contributed by atoms with Crippen LogP contribution >= 0.6 is 11.6 Å². The Balaban J connectivity index is 1.49. The van der Waals surface area contributed by atoms with Crippen LogP contribution in [0.15, 0.2) is 29.2 Å². The maximum atomic E-state index is 13.1. The fourth-order valence-electron chi connectivity index (χ4n) is 5.78. The minimum Gasteiger partial charge on any atom is -0.326 e. The second-order valence-electron chi connectivity index (χ2n) is 9.15. The number of hydrogen-bond acceptors (Lipinski definition) is 3. The first kappa shape index (κ1) is 19.2. The molecule has 7 heteroatoms. The van der Waals surface area contributed by atoms with Crippen LogP contribution in [0, 0.1) is 17.3 Å². The van der Waals surface area contributed by atoms with Gasteiger partial charge in [-0.25, -0.2) is 13.1 Å². The Labute approximate surface area is 166 Å². The molecule has 4 aliphatic rings. The van der Waals surface area contributed by atoms with Crippen LogP contribution in [0.5, 0.6) is 0 Å². The summed E-state index contributed by atoms with van der Waals surface area (Å²) in [5.74, 6) is 1.16. The van der Waals surface area contributed by atoms with Gasteiger partial charge in [-0.1, -0.05) is 0 Å². The Morgan fingerprint density at radius 3 is 2.22 bits per heavy atom. The summed E-state index contributed by atoms with van der Waals surface area (Å²) in [6.45, 7) is 3.56. The molecule has 4 atom stereocenters. The third-order valence-electron chi connectivity index (χ3n) is 6.28. The van der Waals surface area contributed by atoms with E-state index >= 15 is 0 Å². The maximum absolute atomic E-state index is 13.1. The van der Waals surface area contributed by atoms with Crippen molar-refractivity contribution in [2.24, 2.45) is 17.3 Å². The summed E-state index contributed by atoms with van der Waals surface area (Å²) >= 11 is 6.83. The number of carbonyl (C=O) groups is 1.